The number of benzene rings is 1. The molecule has 1 aliphatic heterocycles. The zero-order chi connectivity index (χ0) is 15.0. The highest BCUT2D eigenvalue weighted by atomic mass is 32.1. The van der Waals surface area contributed by atoms with Gasteiger partial charge in [0, 0.05) is 18.2 Å². The largest absolute Gasteiger partial charge is 0.377 e. The zero-order valence-corrected chi connectivity index (χ0v) is 12.9. The molecular formula is C14H18N4O2S. The maximum Gasteiger partial charge on any atom is 0.293 e. The first-order valence-electron chi connectivity index (χ1n) is 7.08. The van der Waals surface area contributed by atoms with Gasteiger partial charge in [0.05, 0.1) is 20.1 Å². The van der Waals surface area contributed by atoms with Crippen molar-refractivity contribution in [1.82, 2.24) is 10.3 Å². The Bertz CT molecular complexity index is 685. The smallest absolute Gasteiger partial charge is 0.293 e. The topological polar surface area (TPSA) is 80.1 Å². The molecule has 0 spiro atoms. The predicted octanol–water partition coefficient (Wildman–Crippen LogP) is 3.07. The van der Waals surface area contributed by atoms with E-state index >= 15 is 0 Å². The van der Waals surface area contributed by atoms with Gasteiger partial charge in [-0.25, -0.2) is 4.98 Å². The number of nitrogens with one attached hydrogen (secondary N) is 2. The Morgan fingerprint density at radius 2 is 2.33 bits per heavy atom. The van der Waals surface area contributed by atoms with Crippen LogP contribution in [0.2, 0.25) is 0 Å². The molecule has 0 radical (unpaired) electrons. The number of rotatable bonds is 3. The molecule has 0 bridgehead atoms. The lowest BCUT2D eigenvalue weighted by molar-refractivity contribution is -0.383. The van der Waals surface area contributed by atoms with Crippen molar-refractivity contribution < 1.29 is 4.92 Å². The van der Waals surface area contributed by atoms with Crippen LogP contribution in [0.4, 0.5) is 11.4 Å². The maximum absolute atomic E-state index is 11.3. The van der Waals surface area contributed by atoms with Crippen LogP contribution in [0.5, 0.6) is 0 Å². The van der Waals surface area contributed by atoms with Crippen molar-refractivity contribution >= 4 is 32.9 Å². The van der Waals surface area contributed by atoms with Gasteiger partial charge in [-0.05, 0) is 39.3 Å². The average Bonchev–Trinajstić information content (AvgIpc) is 2.76. The highest BCUT2D eigenvalue weighted by Crippen LogP contribution is 2.34. The van der Waals surface area contributed by atoms with E-state index < -0.39 is 0 Å². The Morgan fingerprint density at radius 1 is 1.52 bits per heavy atom. The monoisotopic (exact) mass is 306 g/mol. The highest BCUT2D eigenvalue weighted by Gasteiger charge is 2.23. The summed E-state index contributed by atoms with van der Waals surface area (Å²) in [6.45, 7) is 4.98. The standard InChI is InChI=1S/C14H18N4O2S/c1-8-5-10(3-4-15-8)17-11-6-12-14(21-9(2)16-12)7-13(11)18(19)20/h6-8,10,15,17H,3-5H2,1-2H3. The Morgan fingerprint density at radius 3 is 3.05 bits per heavy atom. The van der Waals surface area contributed by atoms with E-state index in [2.05, 4.69) is 22.5 Å². The van der Waals surface area contributed by atoms with Crippen molar-refractivity contribution in [2.45, 2.75) is 38.8 Å². The predicted molar refractivity (Wildman–Crippen MR) is 85.1 cm³/mol. The second-order valence-corrected chi connectivity index (χ2v) is 6.78. The van der Waals surface area contributed by atoms with Gasteiger partial charge in [-0.2, -0.15) is 0 Å². The third-order valence-corrected chi connectivity index (χ3v) is 4.73. The van der Waals surface area contributed by atoms with Crippen LogP contribution < -0.4 is 10.6 Å². The summed E-state index contributed by atoms with van der Waals surface area (Å²) < 4.78 is 0.864. The number of fused-ring (bicyclic) bond motifs is 1. The minimum absolute atomic E-state index is 0.136. The number of piperidine rings is 1. The van der Waals surface area contributed by atoms with Gasteiger partial charge in [-0.15, -0.1) is 11.3 Å². The van der Waals surface area contributed by atoms with Gasteiger partial charge >= 0.3 is 0 Å². The molecule has 1 saturated heterocycles. The maximum atomic E-state index is 11.3. The first-order chi connectivity index (χ1) is 10.0. The minimum atomic E-state index is -0.318. The van der Waals surface area contributed by atoms with Crippen LogP contribution in [0, 0.1) is 17.0 Å². The van der Waals surface area contributed by atoms with Crippen LogP contribution in [0.15, 0.2) is 12.1 Å². The van der Waals surface area contributed by atoms with Crippen molar-refractivity contribution in [3.63, 3.8) is 0 Å². The summed E-state index contributed by atoms with van der Waals surface area (Å²) in [6, 6.07) is 4.13. The molecule has 0 amide bonds. The molecule has 0 aliphatic carbocycles. The second-order valence-electron chi connectivity index (χ2n) is 5.55. The molecule has 2 aromatic rings. The van der Waals surface area contributed by atoms with Gasteiger partial charge in [-0.1, -0.05) is 0 Å². The summed E-state index contributed by atoms with van der Waals surface area (Å²) in [5, 5.41) is 19.0. The second kappa shape index (κ2) is 5.57. The molecule has 0 saturated carbocycles. The molecular weight excluding hydrogens is 288 g/mol. The third kappa shape index (κ3) is 2.98. The number of thiazole rings is 1. The third-order valence-electron chi connectivity index (χ3n) is 3.79. The van der Waals surface area contributed by atoms with Crippen molar-refractivity contribution in [1.29, 1.82) is 0 Å². The summed E-state index contributed by atoms with van der Waals surface area (Å²) in [5.74, 6) is 0. The fourth-order valence-corrected chi connectivity index (χ4v) is 3.67. The van der Waals surface area contributed by atoms with Crippen LogP contribution in [-0.4, -0.2) is 28.5 Å². The molecule has 1 aliphatic rings. The van der Waals surface area contributed by atoms with E-state index in [1.165, 1.54) is 11.3 Å². The molecule has 2 heterocycles. The normalized spacial score (nSPS) is 22.4. The lowest BCUT2D eigenvalue weighted by atomic mass is 10.0. The summed E-state index contributed by atoms with van der Waals surface area (Å²) in [4.78, 5) is 15.4. The fraction of sp³-hybridized carbons (Fsp3) is 0.500. The van der Waals surface area contributed by atoms with Gasteiger partial charge in [0.2, 0.25) is 0 Å². The van der Waals surface area contributed by atoms with Crippen molar-refractivity contribution in [2.75, 3.05) is 11.9 Å². The summed E-state index contributed by atoms with van der Waals surface area (Å²) in [7, 11) is 0. The molecule has 112 valence electrons. The van der Waals surface area contributed by atoms with E-state index in [0.717, 1.165) is 34.6 Å². The van der Waals surface area contributed by atoms with Crippen molar-refractivity contribution in [3.8, 4) is 0 Å². The SMILES string of the molecule is Cc1nc2cc(NC3CCNC(C)C3)c([N+](=O)[O-])cc2s1. The van der Waals surface area contributed by atoms with E-state index in [4.69, 9.17) is 0 Å². The van der Waals surface area contributed by atoms with Crippen LogP contribution in [-0.2, 0) is 0 Å². The van der Waals surface area contributed by atoms with Crippen LogP contribution in [0.25, 0.3) is 10.2 Å². The first kappa shape index (κ1) is 14.2. The van der Waals surface area contributed by atoms with Gasteiger partial charge in [-0.3, -0.25) is 10.1 Å². The number of nitro groups is 1. The van der Waals surface area contributed by atoms with E-state index in [1.54, 1.807) is 6.07 Å². The number of nitrogens with zero attached hydrogens (tertiary/aromatic N) is 2. The molecule has 1 aromatic heterocycles. The molecule has 21 heavy (non-hydrogen) atoms. The van der Waals surface area contributed by atoms with Crippen molar-refractivity contribution in [2.24, 2.45) is 0 Å². The van der Waals surface area contributed by atoms with E-state index in [-0.39, 0.29) is 16.7 Å². The molecule has 3 rings (SSSR count). The first-order valence-corrected chi connectivity index (χ1v) is 7.90. The zero-order valence-electron chi connectivity index (χ0n) is 12.0. The minimum Gasteiger partial charge on any atom is -0.377 e. The molecule has 7 heteroatoms. The lowest BCUT2D eigenvalue weighted by Gasteiger charge is -2.29. The molecule has 1 aromatic carbocycles. The number of nitro benzene ring substituents is 1. The molecule has 1 fully saturated rings. The molecule has 2 N–H and O–H groups in total. The van der Waals surface area contributed by atoms with Gasteiger partial charge < -0.3 is 10.6 Å². The number of hydrogen-bond donors (Lipinski definition) is 2. The van der Waals surface area contributed by atoms with Crippen molar-refractivity contribution in [3.05, 3.63) is 27.3 Å². The quantitative estimate of drug-likeness (QED) is 0.673. The highest BCUT2D eigenvalue weighted by molar-refractivity contribution is 7.18. The van der Waals surface area contributed by atoms with E-state index in [1.807, 2.05) is 13.0 Å². The average molecular weight is 306 g/mol. The molecule has 6 nitrogen and oxygen atoms in total. The van der Waals surface area contributed by atoms with Crippen LogP contribution >= 0.6 is 11.3 Å². The fourth-order valence-electron chi connectivity index (χ4n) is 2.83. The Balaban J connectivity index is 1.95. The Labute approximate surface area is 126 Å². The Hall–Kier alpha value is -1.73. The number of aromatic nitrogens is 1. The molecule has 2 atom stereocenters. The lowest BCUT2D eigenvalue weighted by Crippen LogP contribution is -2.41. The summed E-state index contributed by atoms with van der Waals surface area (Å²) in [5.41, 5.74) is 1.54. The van der Waals surface area contributed by atoms with Gasteiger partial charge in [0.15, 0.2) is 0 Å². The summed E-state index contributed by atoms with van der Waals surface area (Å²) >= 11 is 1.49. The van der Waals surface area contributed by atoms with Gasteiger partial charge in [0.1, 0.15) is 5.69 Å². The number of aryl methyl sites for hydroxylation is 1. The van der Waals surface area contributed by atoms with E-state index in [0.29, 0.717) is 11.7 Å². The molecule has 2 unspecified atom stereocenters. The van der Waals surface area contributed by atoms with Crippen LogP contribution in [0.1, 0.15) is 24.8 Å². The number of hydrogen-bond acceptors (Lipinski definition) is 6. The van der Waals surface area contributed by atoms with E-state index in [9.17, 15) is 10.1 Å². The summed E-state index contributed by atoms with van der Waals surface area (Å²) in [6.07, 6.45) is 1.93. The van der Waals surface area contributed by atoms with Crippen LogP contribution in [0.3, 0.4) is 0 Å². The Kier molecular flexibility index (Phi) is 3.77. The van der Waals surface area contributed by atoms with Gasteiger partial charge in [0.25, 0.3) is 5.69 Å². The number of anilines is 1.